The van der Waals surface area contributed by atoms with Gasteiger partial charge >= 0.3 is 0 Å². The predicted molar refractivity (Wildman–Crippen MR) is 73.3 cm³/mol. The highest BCUT2D eigenvalue weighted by Crippen LogP contribution is 2.15. The summed E-state index contributed by atoms with van der Waals surface area (Å²) in [6.07, 6.45) is 2.03. The molecule has 0 unspecified atom stereocenters. The van der Waals surface area contributed by atoms with Crippen molar-refractivity contribution in [3.8, 4) is 5.69 Å². The zero-order valence-corrected chi connectivity index (χ0v) is 10.7. The van der Waals surface area contributed by atoms with E-state index in [9.17, 15) is 0 Å². The van der Waals surface area contributed by atoms with Gasteiger partial charge in [-0.2, -0.15) is 5.10 Å². The molecule has 0 aliphatic carbocycles. The Kier molecular flexibility index (Phi) is 3.02. The Labute approximate surface area is 107 Å². The van der Waals surface area contributed by atoms with Crippen molar-refractivity contribution >= 4 is 5.82 Å². The van der Waals surface area contributed by atoms with Gasteiger partial charge in [0.25, 0.3) is 0 Å². The van der Waals surface area contributed by atoms with Crippen LogP contribution in [0.5, 0.6) is 0 Å². The summed E-state index contributed by atoms with van der Waals surface area (Å²) in [5.41, 5.74) is 1.11. The second-order valence-electron chi connectivity index (χ2n) is 4.74. The van der Waals surface area contributed by atoms with Crippen LogP contribution in [0.1, 0.15) is 0 Å². The molecule has 1 fully saturated rings. The normalized spacial score (nSPS) is 17.1. The molecule has 94 valence electrons. The molecule has 4 nitrogen and oxygen atoms in total. The predicted octanol–water partition coefficient (Wildman–Crippen LogP) is 1.62. The smallest absolute Gasteiger partial charge is 0.151 e. The first-order valence-electron chi connectivity index (χ1n) is 6.37. The van der Waals surface area contributed by atoms with Crippen LogP contribution < -0.4 is 4.90 Å². The van der Waals surface area contributed by atoms with Gasteiger partial charge in [0.15, 0.2) is 5.82 Å². The van der Waals surface area contributed by atoms with Gasteiger partial charge in [-0.25, -0.2) is 4.68 Å². The topological polar surface area (TPSA) is 24.3 Å². The summed E-state index contributed by atoms with van der Waals surface area (Å²) in [4.78, 5) is 4.70. The molecule has 0 bridgehead atoms. The molecule has 1 aliphatic heterocycles. The van der Waals surface area contributed by atoms with Crippen LogP contribution in [0.2, 0.25) is 0 Å². The largest absolute Gasteiger partial charge is 0.353 e. The van der Waals surface area contributed by atoms with Gasteiger partial charge in [0.2, 0.25) is 0 Å². The van der Waals surface area contributed by atoms with Crippen LogP contribution in [0.4, 0.5) is 5.82 Å². The highest BCUT2D eigenvalue weighted by molar-refractivity contribution is 5.41. The Morgan fingerprint density at radius 2 is 1.67 bits per heavy atom. The molecule has 2 aromatic rings. The number of benzene rings is 1. The van der Waals surface area contributed by atoms with E-state index >= 15 is 0 Å². The van der Waals surface area contributed by atoms with E-state index in [-0.39, 0.29) is 0 Å². The minimum Gasteiger partial charge on any atom is -0.353 e. The van der Waals surface area contributed by atoms with Crippen molar-refractivity contribution in [1.29, 1.82) is 0 Å². The number of hydrogen-bond acceptors (Lipinski definition) is 3. The zero-order valence-electron chi connectivity index (χ0n) is 10.7. The fraction of sp³-hybridized carbons (Fsp3) is 0.357. The van der Waals surface area contributed by atoms with Crippen molar-refractivity contribution in [2.75, 3.05) is 38.1 Å². The summed E-state index contributed by atoms with van der Waals surface area (Å²) in [5, 5.41) is 4.65. The maximum atomic E-state index is 4.65. The van der Waals surface area contributed by atoms with E-state index in [2.05, 4.69) is 40.1 Å². The second-order valence-corrected chi connectivity index (χ2v) is 4.74. The summed E-state index contributed by atoms with van der Waals surface area (Å²) >= 11 is 0. The third kappa shape index (κ3) is 2.24. The number of anilines is 1. The van der Waals surface area contributed by atoms with Crippen molar-refractivity contribution in [2.45, 2.75) is 0 Å². The van der Waals surface area contributed by atoms with E-state index in [1.165, 1.54) is 0 Å². The molecular weight excluding hydrogens is 224 g/mol. The summed E-state index contributed by atoms with van der Waals surface area (Å²) < 4.78 is 1.94. The van der Waals surface area contributed by atoms with Crippen molar-refractivity contribution in [3.63, 3.8) is 0 Å². The first-order valence-corrected chi connectivity index (χ1v) is 6.37. The monoisotopic (exact) mass is 242 g/mol. The molecule has 0 spiro atoms. The third-order valence-electron chi connectivity index (χ3n) is 3.42. The van der Waals surface area contributed by atoms with Crippen molar-refractivity contribution < 1.29 is 0 Å². The summed E-state index contributed by atoms with van der Waals surface area (Å²) in [6.45, 7) is 4.33. The zero-order chi connectivity index (χ0) is 12.4. The van der Waals surface area contributed by atoms with Gasteiger partial charge in [0, 0.05) is 38.4 Å². The van der Waals surface area contributed by atoms with Crippen LogP contribution in [0, 0.1) is 0 Å². The van der Waals surface area contributed by atoms with Gasteiger partial charge in [-0.05, 0) is 19.2 Å². The SMILES string of the molecule is CN1CCN(c2ccn(-c3ccccc3)n2)CC1. The molecule has 1 aliphatic rings. The molecule has 1 aromatic carbocycles. The lowest BCUT2D eigenvalue weighted by Gasteiger charge is -2.32. The Bertz CT molecular complexity index is 498. The lowest BCUT2D eigenvalue weighted by molar-refractivity contribution is 0.312. The fourth-order valence-electron chi connectivity index (χ4n) is 2.24. The van der Waals surface area contributed by atoms with Crippen LogP contribution in [0.15, 0.2) is 42.6 Å². The van der Waals surface area contributed by atoms with Crippen LogP contribution >= 0.6 is 0 Å². The minimum absolute atomic E-state index is 1.06. The average Bonchev–Trinajstić information content (AvgIpc) is 2.90. The summed E-state index contributed by atoms with van der Waals surface area (Å²) in [6, 6.07) is 12.3. The molecule has 1 aromatic heterocycles. The molecular formula is C14H18N4. The lowest BCUT2D eigenvalue weighted by atomic mass is 10.3. The van der Waals surface area contributed by atoms with E-state index in [1.807, 2.05) is 29.1 Å². The summed E-state index contributed by atoms with van der Waals surface area (Å²) in [7, 11) is 2.17. The maximum absolute atomic E-state index is 4.65. The van der Waals surface area contributed by atoms with Crippen LogP contribution in [-0.4, -0.2) is 47.9 Å². The number of nitrogens with zero attached hydrogens (tertiary/aromatic N) is 4. The van der Waals surface area contributed by atoms with Gasteiger partial charge in [-0.15, -0.1) is 0 Å². The number of para-hydroxylation sites is 1. The van der Waals surface area contributed by atoms with Crippen LogP contribution in [0.3, 0.4) is 0 Å². The first-order chi connectivity index (χ1) is 8.83. The number of aromatic nitrogens is 2. The highest BCUT2D eigenvalue weighted by atomic mass is 15.4. The second kappa shape index (κ2) is 4.82. The molecule has 3 rings (SSSR count). The maximum Gasteiger partial charge on any atom is 0.151 e. The minimum atomic E-state index is 1.06. The Morgan fingerprint density at radius 1 is 0.944 bits per heavy atom. The van der Waals surface area contributed by atoms with E-state index in [0.29, 0.717) is 0 Å². The summed E-state index contributed by atoms with van der Waals surface area (Å²) in [5.74, 6) is 1.08. The number of hydrogen-bond donors (Lipinski definition) is 0. The van der Waals surface area contributed by atoms with Crippen molar-refractivity contribution in [2.24, 2.45) is 0 Å². The van der Waals surface area contributed by atoms with Gasteiger partial charge in [0.1, 0.15) is 0 Å². The Morgan fingerprint density at radius 3 is 2.39 bits per heavy atom. The van der Waals surface area contributed by atoms with E-state index in [1.54, 1.807) is 0 Å². The standard InChI is InChI=1S/C14H18N4/c1-16-9-11-17(12-10-16)14-7-8-18(15-14)13-5-3-2-4-6-13/h2-8H,9-12H2,1H3. The molecule has 0 saturated carbocycles. The van der Waals surface area contributed by atoms with Gasteiger partial charge in [0.05, 0.1) is 5.69 Å². The first kappa shape index (κ1) is 11.3. The highest BCUT2D eigenvalue weighted by Gasteiger charge is 2.16. The van der Waals surface area contributed by atoms with E-state index in [0.717, 1.165) is 37.7 Å². The van der Waals surface area contributed by atoms with Gasteiger partial charge in [-0.3, -0.25) is 0 Å². The third-order valence-corrected chi connectivity index (χ3v) is 3.42. The fourth-order valence-corrected chi connectivity index (χ4v) is 2.24. The van der Waals surface area contributed by atoms with Crippen LogP contribution in [0.25, 0.3) is 5.69 Å². The van der Waals surface area contributed by atoms with Gasteiger partial charge in [-0.1, -0.05) is 18.2 Å². The molecule has 18 heavy (non-hydrogen) atoms. The molecule has 0 amide bonds. The van der Waals surface area contributed by atoms with Crippen molar-refractivity contribution in [1.82, 2.24) is 14.7 Å². The number of likely N-dealkylation sites (N-methyl/N-ethyl adjacent to an activating group) is 1. The van der Waals surface area contributed by atoms with Crippen LogP contribution in [-0.2, 0) is 0 Å². The van der Waals surface area contributed by atoms with E-state index < -0.39 is 0 Å². The average molecular weight is 242 g/mol. The number of rotatable bonds is 2. The van der Waals surface area contributed by atoms with E-state index in [4.69, 9.17) is 0 Å². The van der Waals surface area contributed by atoms with Gasteiger partial charge < -0.3 is 9.80 Å². The molecule has 4 heteroatoms. The Balaban J connectivity index is 1.78. The Hall–Kier alpha value is -1.81. The molecule has 0 radical (unpaired) electrons. The van der Waals surface area contributed by atoms with Crippen molar-refractivity contribution in [3.05, 3.63) is 42.6 Å². The lowest BCUT2D eigenvalue weighted by Crippen LogP contribution is -2.44. The quantitative estimate of drug-likeness (QED) is 0.800. The molecule has 0 N–H and O–H groups in total. The molecule has 2 heterocycles. The molecule has 1 saturated heterocycles. The number of piperazine rings is 1. The molecule has 0 atom stereocenters.